The molecule has 0 bridgehead atoms. The van der Waals surface area contributed by atoms with Crippen LogP contribution in [0.5, 0.6) is 11.5 Å². The normalized spacial score (nSPS) is 11.0. The summed E-state index contributed by atoms with van der Waals surface area (Å²) in [4.78, 5) is 16.3. The Hall–Kier alpha value is -2.54. The van der Waals surface area contributed by atoms with Gasteiger partial charge in [0.15, 0.2) is 12.4 Å². The highest BCUT2D eigenvalue weighted by Crippen LogP contribution is 2.16. The molecule has 0 aliphatic heterocycles. The molecule has 0 unspecified atom stereocenters. The number of hydrogen-bond acceptors (Lipinski definition) is 5. The molecule has 2 aromatic rings. The molecule has 0 fully saturated rings. The van der Waals surface area contributed by atoms with Crippen molar-refractivity contribution in [3.05, 3.63) is 58.6 Å². The summed E-state index contributed by atoms with van der Waals surface area (Å²) >= 11 is 3.31. The molecule has 2 N–H and O–H groups in total. The van der Waals surface area contributed by atoms with Gasteiger partial charge >= 0.3 is 5.97 Å². The van der Waals surface area contributed by atoms with Crippen molar-refractivity contribution in [1.29, 1.82) is 0 Å². The molecule has 0 radical (unpaired) electrons. The Labute approximate surface area is 142 Å². The van der Waals surface area contributed by atoms with Crippen LogP contribution in [-0.2, 0) is 9.63 Å². The lowest BCUT2D eigenvalue weighted by Gasteiger charge is -2.05. The Kier molecular flexibility index (Phi) is 5.99. The maximum absolute atomic E-state index is 11.6. The summed E-state index contributed by atoms with van der Waals surface area (Å²) in [6.07, 6.45) is 0. The molecule has 0 saturated heterocycles. The SMILES string of the molecule is COc1ccc(C(N)=NOC(=O)COc2ccc(Br)cc2)cc1. The number of amidine groups is 1. The van der Waals surface area contributed by atoms with Gasteiger partial charge in [0.1, 0.15) is 11.5 Å². The molecule has 0 saturated carbocycles. The summed E-state index contributed by atoms with van der Waals surface area (Å²) < 4.78 is 11.2. The van der Waals surface area contributed by atoms with Crippen molar-refractivity contribution in [2.24, 2.45) is 10.9 Å². The fourth-order valence-corrected chi connectivity index (χ4v) is 1.88. The highest BCUT2D eigenvalue weighted by atomic mass is 79.9. The number of methoxy groups -OCH3 is 1. The molecule has 0 aromatic heterocycles. The second kappa shape index (κ2) is 8.19. The number of hydrogen-bond donors (Lipinski definition) is 1. The van der Waals surface area contributed by atoms with E-state index in [1.807, 2.05) is 0 Å². The minimum absolute atomic E-state index is 0.0876. The van der Waals surface area contributed by atoms with Crippen molar-refractivity contribution in [1.82, 2.24) is 0 Å². The van der Waals surface area contributed by atoms with Crippen LogP contribution in [0.4, 0.5) is 0 Å². The summed E-state index contributed by atoms with van der Waals surface area (Å²) in [5.74, 6) is 0.688. The average Bonchev–Trinajstić information content (AvgIpc) is 2.59. The molecule has 7 heteroatoms. The Morgan fingerprint density at radius 2 is 1.70 bits per heavy atom. The van der Waals surface area contributed by atoms with E-state index in [4.69, 9.17) is 20.0 Å². The minimum Gasteiger partial charge on any atom is -0.497 e. The van der Waals surface area contributed by atoms with Gasteiger partial charge in [0.05, 0.1) is 7.11 Å². The van der Waals surface area contributed by atoms with Crippen LogP contribution in [0.15, 0.2) is 58.2 Å². The zero-order valence-electron chi connectivity index (χ0n) is 12.4. The van der Waals surface area contributed by atoms with E-state index in [9.17, 15) is 4.79 Å². The first-order valence-electron chi connectivity index (χ1n) is 6.64. The fraction of sp³-hybridized carbons (Fsp3) is 0.125. The minimum atomic E-state index is -0.649. The van der Waals surface area contributed by atoms with Gasteiger partial charge in [-0.3, -0.25) is 0 Å². The van der Waals surface area contributed by atoms with Gasteiger partial charge in [-0.2, -0.15) is 0 Å². The van der Waals surface area contributed by atoms with E-state index in [0.717, 1.165) is 4.47 Å². The lowest BCUT2D eigenvalue weighted by atomic mass is 10.2. The summed E-state index contributed by atoms with van der Waals surface area (Å²) in [6, 6.07) is 14.0. The van der Waals surface area contributed by atoms with E-state index in [2.05, 4.69) is 21.1 Å². The standard InChI is InChI=1S/C16H15BrN2O4/c1-21-13-6-2-11(3-7-13)16(18)19-23-15(20)10-22-14-8-4-12(17)5-9-14/h2-9H,10H2,1H3,(H2,18,19). The molecule has 0 spiro atoms. The Morgan fingerprint density at radius 1 is 1.09 bits per heavy atom. The number of carbonyl (C=O) groups excluding carboxylic acids is 1. The van der Waals surface area contributed by atoms with E-state index in [1.165, 1.54) is 0 Å². The van der Waals surface area contributed by atoms with Crippen LogP contribution in [0.25, 0.3) is 0 Å². The first-order chi connectivity index (χ1) is 11.1. The molecular formula is C16H15BrN2O4. The van der Waals surface area contributed by atoms with Crippen LogP contribution < -0.4 is 15.2 Å². The zero-order chi connectivity index (χ0) is 16.7. The summed E-state index contributed by atoms with van der Waals surface area (Å²) in [5, 5.41) is 3.59. The van der Waals surface area contributed by atoms with E-state index in [0.29, 0.717) is 17.1 Å². The maximum Gasteiger partial charge on any atom is 0.372 e. The predicted molar refractivity (Wildman–Crippen MR) is 89.4 cm³/mol. The maximum atomic E-state index is 11.6. The Morgan fingerprint density at radius 3 is 2.30 bits per heavy atom. The number of ether oxygens (including phenoxy) is 2. The second-order valence-corrected chi connectivity index (χ2v) is 5.33. The number of rotatable bonds is 6. The third-order valence-corrected chi connectivity index (χ3v) is 3.33. The largest absolute Gasteiger partial charge is 0.497 e. The Bertz CT molecular complexity index is 684. The van der Waals surface area contributed by atoms with Crippen molar-refractivity contribution in [2.75, 3.05) is 13.7 Å². The Balaban J connectivity index is 1.85. The van der Waals surface area contributed by atoms with Gasteiger partial charge < -0.3 is 20.0 Å². The molecule has 0 aliphatic carbocycles. The van der Waals surface area contributed by atoms with Gasteiger partial charge in [-0.15, -0.1) is 0 Å². The smallest absolute Gasteiger partial charge is 0.372 e. The van der Waals surface area contributed by atoms with Crippen LogP contribution in [0, 0.1) is 0 Å². The molecule has 23 heavy (non-hydrogen) atoms. The molecule has 0 amide bonds. The van der Waals surface area contributed by atoms with Crippen molar-refractivity contribution >= 4 is 27.7 Å². The van der Waals surface area contributed by atoms with Gasteiger partial charge in [-0.05, 0) is 48.5 Å². The van der Waals surface area contributed by atoms with E-state index >= 15 is 0 Å². The van der Waals surface area contributed by atoms with Gasteiger partial charge in [-0.25, -0.2) is 4.79 Å². The van der Waals surface area contributed by atoms with Crippen LogP contribution in [0.3, 0.4) is 0 Å². The number of nitrogens with zero attached hydrogens (tertiary/aromatic N) is 1. The predicted octanol–water partition coefficient (Wildman–Crippen LogP) is 2.70. The van der Waals surface area contributed by atoms with Gasteiger partial charge in [-0.1, -0.05) is 21.1 Å². The molecule has 2 rings (SSSR count). The van der Waals surface area contributed by atoms with E-state index in [-0.39, 0.29) is 12.4 Å². The lowest BCUT2D eigenvalue weighted by molar-refractivity contribution is -0.146. The number of nitrogens with two attached hydrogens (primary N) is 1. The number of oxime groups is 1. The summed E-state index contributed by atoms with van der Waals surface area (Å²) in [7, 11) is 1.57. The van der Waals surface area contributed by atoms with Crippen molar-refractivity contribution < 1.29 is 19.1 Å². The number of halogens is 1. The molecule has 120 valence electrons. The highest BCUT2D eigenvalue weighted by molar-refractivity contribution is 9.10. The van der Waals surface area contributed by atoms with Crippen molar-refractivity contribution in [3.8, 4) is 11.5 Å². The van der Waals surface area contributed by atoms with Gasteiger partial charge in [0, 0.05) is 10.0 Å². The van der Waals surface area contributed by atoms with Crippen LogP contribution in [0.2, 0.25) is 0 Å². The molecule has 2 aromatic carbocycles. The molecule has 0 heterocycles. The third-order valence-electron chi connectivity index (χ3n) is 2.80. The van der Waals surface area contributed by atoms with E-state index in [1.54, 1.807) is 55.6 Å². The zero-order valence-corrected chi connectivity index (χ0v) is 13.9. The third kappa shape index (κ3) is 5.30. The fourth-order valence-electron chi connectivity index (χ4n) is 1.61. The van der Waals surface area contributed by atoms with E-state index < -0.39 is 5.97 Å². The molecule has 0 aliphatic rings. The number of carbonyl (C=O) groups is 1. The first-order valence-corrected chi connectivity index (χ1v) is 7.44. The molecule has 6 nitrogen and oxygen atoms in total. The quantitative estimate of drug-likeness (QED) is 0.361. The summed E-state index contributed by atoms with van der Waals surface area (Å²) in [5.41, 5.74) is 6.36. The second-order valence-electron chi connectivity index (χ2n) is 4.41. The van der Waals surface area contributed by atoms with Crippen molar-refractivity contribution in [3.63, 3.8) is 0 Å². The van der Waals surface area contributed by atoms with Crippen LogP contribution >= 0.6 is 15.9 Å². The molecule has 0 atom stereocenters. The van der Waals surface area contributed by atoms with Crippen LogP contribution in [0.1, 0.15) is 5.56 Å². The van der Waals surface area contributed by atoms with Crippen molar-refractivity contribution in [2.45, 2.75) is 0 Å². The average molecular weight is 379 g/mol. The lowest BCUT2D eigenvalue weighted by Crippen LogP contribution is -2.17. The van der Waals surface area contributed by atoms with Gasteiger partial charge in [0.2, 0.25) is 0 Å². The van der Waals surface area contributed by atoms with Gasteiger partial charge in [0.25, 0.3) is 0 Å². The summed E-state index contributed by atoms with van der Waals surface area (Å²) in [6.45, 7) is -0.263. The highest BCUT2D eigenvalue weighted by Gasteiger charge is 2.06. The van der Waals surface area contributed by atoms with Crippen LogP contribution in [-0.4, -0.2) is 25.5 Å². The molecular weight excluding hydrogens is 364 g/mol. The monoisotopic (exact) mass is 378 g/mol. The topological polar surface area (TPSA) is 83.1 Å². The number of benzene rings is 2. The first kappa shape index (κ1) is 16.8.